The average molecular weight is 362 g/mol. The molecule has 1 amide bonds. The molecule has 0 unspecified atom stereocenters. The van der Waals surface area contributed by atoms with E-state index in [1.807, 2.05) is 13.0 Å². The van der Waals surface area contributed by atoms with Crippen LogP contribution in [0.3, 0.4) is 0 Å². The number of aromatic nitrogens is 3. The number of aryl methyl sites for hydroxylation is 1. The molecule has 2 heterocycles. The van der Waals surface area contributed by atoms with E-state index in [0.717, 1.165) is 11.1 Å². The second-order valence-corrected chi connectivity index (χ2v) is 6.06. The quantitative estimate of drug-likeness (QED) is 0.663. The Morgan fingerprint density at radius 3 is 2.71 bits per heavy atom. The summed E-state index contributed by atoms with van der Waals surface area (Å²) in [4.78, 5) is 22.9. The number of hydrogen-bond donors (Lipinski definition) is 3. The van der Waals surface area contributed by atoms with Crippen molar-refractivity contribution in [1.29, 1.82) is 0 Å². The molecule has 0 bridgehead atoms. The van der Waals surface area contributed by atoms with Crippen molar-refractivity contribution in [1.82, 2.24) is 15.0 Å². The van der Waals surface area contributed by atoms with Gasteiger partial charge in [-0.25, -0.2) is 9.97 Å². The van der Waals surface area contributed by atoms with Gasteiger partial charge in [-0.2, -0.15) is 0 Å². The second kappa shape index (κ2) is 6.14. The highest BCUT2D eigenvalue weighted by Crippen LogP contribution is 2.33. The fraction of sp³-hybridized carbons (Fsp3) is 0.0625. The van der Waals surface area contributed by atoms with E-state index in [0.29, 0.717) is 32.7 Å². The zero-order valence-electron chi connectivity index (χ0n) is 12.6. The van der Waals surface area contributed by atoms with Gasteiger partial charge < -0.3 is 16.5 Å². The molecule has 1 aromatic carbocycles. The SMILES string of the molecule is Cc1ccc(Cl)cc1-c1[nH]c(-c2nc(N)ncc2Cl)cc1C(N)=O. The highest BCUT2D eigenvalue weighted by Gasteiger charge is 2.19. The van der Waals surface area contributed by atoms with Crippen LogP contribution in [0.2, 0.25) is 10.0 Å². The maximum Gasteiger partial charge on any atom is 0.250 e. The summed E-state index contributed by atoms with van der Waals surface area (Å²) < 4.78 is 0. The largest absolute Gasteiger partial charge is 0.368 e. The molecule has 24 heavy (non-hydrogen) atoms. The summed E-state index contributed by atoms with van der Waals surface area (Å²) >= 11 is 12.2. The number of hydrogen-bond acceptors (Lipinski definition) is 4. The van der Waals surface area contributed by atoms with Gasteiger partial charge in [0.15, 0.2) is 0 Å². The Hall–Kier alpha value is -2.57. The first-order chi connectivity index (χ1) is 11.4. The van der Waals surface area contributed by atoms with Crippen LogP contribution in [0, 0.1) is 6.92 Å². The molecule has 8 heteroatoms. The van der Waals surface area contributed by atoms with Crippen molar-refractivity contribution in [2.45, 2.75) is 6.92 Å². The lowest BCUT2D eigenvalue weighted by Crippen LogP contribution is -2.11. The van der Waals surface area contributed by atoms with E-state index >= 15 is 0 Å². The Morgan fingerprint density at radius 2 is 2.00 bits per heavy atom. The summed E-state index contributed by atoms with van der Waals surface area (Å²) in [5, 5.41) is 0.849. The zero-order valence-corrected chi connectivity index (χ0v) is 14.1. The third-order valence-corrected chi connectivity index (χ3v) is 4.08. The molecule has 0 aliphatic rings. The van der Waals surface area contributed by atoms with Crippen molar-refractivity contribution >= 4 is 35.1 Å². The molecule has 0 saturated carbocycles. The van der Waals surface area contributed by atoms with Gasteiger partial charge in [-0.1, -0.05) is 29.3 Å². The molecule has 3 rings (SSSR count). The molecule has 0 aliphatic carbocycles. The third-order valence-electron chi connectivity index (χ3n) is 3.57. The van der Waals surface area contributed by atoms with Crippen LogP contribution in [0.25, 0.3) is 22.6 Å². The van der Waals surface area contributed by atoms with Crippen LogP contribution in [0.1, 0.15) is 15.9 Å². The molecule has 2 aromatic heterocycles. The first-order valence-electron chi connectivity index (χ1n) is 6.94. The standard InChI is InChI=1S/C16H13Cl2N5O/c1-7-2-3-8(17)4-9(7)13-10(15(19)24)5-12(22-13)14-11(18)6-21-16(20)23-14/h2-6,22H,1H3,(H2,19,24)(H2,20,21,23). The van der Waals surface area contributed by atoms with Crippen molar-refractivity contribution in [3.05, 3.63) is 51.6 Å². The van der Waals surface area contributed by atoms with E-state index in [-0.39, 0.29) is 5.95 Å². The van der Waals surface area contributed by atoms with E-state index in [9.17, 15) is 4.79 Å². The number of nitrogen functional groups attached to an aromatic ring is 1. The number of nitrogens with one attached hydrogen (secondary N) is 1. The van der Waals surface area contributed by atoms with Crippen LogP contribution in [0.4, 0.5) is 5.95 Å². The summed E-state index contributed by atoms with van der Waals surface area (Å²) in [6, 6.07) is 6.98. The van der Waals surface area contributed by atoms with Gasteiger partial charge in [0.05, 0.1) is 28.2 Å². The number of carbonyl (C=O) groups excluding carboxylic acids is 1. The van der Waals surface area contributed by atoms with E-state index in [1.54, 1.807) is 18.2 Å². The number of nitrogens with zero attached hydrogens (tertiary/aromatic N) is 2. The summed E-state index contributed by atoms with van der Waals surface area (Å²) in [7, 11) is 0. The number of benzene rings is 1. The Kier molecular flexibility index (Phi) is 4.17. The molecule has 0 spiro atoms. The molecule has 3 aromatic rings. The normalized spacial score (nSPS) is 10.8. The predicted octanol–water partition coefficient (Wildman–Crippen LogP) is 3.44. The smallest absolute Gasteiger partial charge is 0.250 e. The van der Waals surface area contributed by atoms with E-state index < -0.39 is 5.91 Å². The lowest BCUT2D eigenvalue weighted by atomic mass is 10.0. The Balaban J connectivity index is 2.24. The monoisotopic (exact) mass is 361 g/mol. The lowest BCUT2D eigenvalue weighted by Gasteiger charge is -2.07. The molecule has 0 aliphatic heterocycles. The Labute approximate surface area is 147 Å². The van der Waals surface area contributed by atoms with Crippen LogP contribution < -0.4 is 11.5 Å². The molecular formula is C16H13Cl2N5O. The van der Waals surface area contributed by atoms with Crippen LogP contribution in [-0.2, 0) is 0 Å². The van der Waals surface area contributed by atoms with Gasteiger partial charge in [-0.15, -0.1) is 0 Å². The highest BCUT2D eigenvalue weighted by molar-refractivity contribution is 6.33. The van der Waals surface area contributed by atoms with Crippen molar-refractivity contribution < 1.29 is 4.79 Å². The number of halogens is 2. The summed E-state index contributed by atoms with van der Waals surface area (Å²) in [5.41, 5.74) is 14.6. The number of aromatic amines is 1. The average Bonchev–Trinajstić information content (AvgIpc) is 2.97. The van der Waals surface area contributed by atoms with Crippen LogP contribution in [0.15, 0.2) is 30.5 Å². The zero-order chi connectivity index (χ0) is 17.4. The maximum absolute atomic E-state index is 11.9. The fourth-order valence-corrected chi connectivity index (χ4v) is 2.79. The van der Waals surface area contributed by atoms with Crippen LogP contribution >= 0.6 is 23.2 Å². The molecule has 5 N–H and O–H groups in total. The van der Waals surface area contributed by atoms with Crippen molar-refractivity contribution in [3.8, 4) is 22.6 Å². The van der Waals surface area contributed by atoms with Crippen LogP contribution in [-0.4, -0.2) is 20.9 Å². The van der Waals surface area contributed by atoms with Gasteiger partial charge in [0.25, 0.3) is 5.91 Å². The fourth-order valence-electron chi connectivity index (χ4n) is 2.42. The lowest BCUT2D eigenvalue weighted by molar-refractivity contribution is 0.100. The van der Waals surface area contributed by atoms with Crippen molar-refractivity contribution in [3.63, 3.8) is 0 Å². The van der Waals surface area contributed by atoms with Crippen LogP contribution in [0.5, 0.6) is 0 Å². The number of rotatable bonds is 3. The number of H-pyrrole nitrogens is 1. The van der Waals surface area contributed by atoms with Gasteiger partial charge in [0.1, 0.15) is 5.69 Å². The molecule has 6 nitrogen and oxygen atoms in total. The number of carbonyl (C=O) groups is 1. The first kappa shape index (κ1) is 16.3. The number of amides is 1. The third kappa shape index (κ3) is 2.93. The highest BCUT2D eigenvalue weighted by atomic mass is 35.5. The molecule has 0 fully saturated rings. The topological polar surface area (TPSA) is 111 Å². The number of nitrogens with two attached hydrogens (primary N) is 2. The summed E-state index contributed by atoms with van der Waals surface area (Å²) in [6.45, 7) is 1.91. The minimum atomic E-state index is -0.579. The van der Waals surface area contributed by atoms with Crippen molar-refractivity contribution in [2.75, 3.05) is 5.73 Å². The first-order valence-corrected chi connectivity index (χ1v) is 7.70. The van der Waals surface area contributed by atoms with E-state index in [4.69, 9.17) is 34.7 Å². The minimum absolute atomic E-state index is 0.0742. The Morgan fingerprint density at radius 1 is 1.25 bits per heavy atom. The van der Waals surface area contributed by atoms with Crippen molar-refractivity contribution in [2.24, 2.45) is 5.73 Å². The summed E-state index contributed by atoms with van der Waals surface area (Å²) in [6.07, 6.45) is 1.40. The van der Waals surface area contributed by atoms with Gasteiger partial charge in [0.2, 0.25) is 5.95 Å². The van der Waals surface area contributed by atoms with E-state index in [2.05, 4.69) is 15.0 Å². The summed E-state index contributed by atoms with van der Waals surface area (Å²) in [5.74, 6) is -0.505. The number of primary amides is 1. The molecule has 0 atom stereocenters. The van der Waals surface area contributed by atoms with Gasteiger partial charge >= 0.3 is 0 Å². The van der Waals surface area contributed by atoms with E-state index in [1.165, 1.54) is 6.20 Å². The molecule has 0 radical (unpaired) electrons. The minimum Gasteiger partial charge on any atom is -0.368 e. The second-order valence-electron chi connectivity index (χ2n) is 5.22. The molecular weight excluding hydrogens is 349 g/mol. The Bertz CT molecular complexity index is 952. The maximum atomic E-state index is 11.9. The van der Waals surface area contributed by atoms with Gasteiger partial charge in [-0.05, 0) is 30.7 Å². The molecule has 122 valence electrons. The van der Waals surface area contributed by atoms with Gasteiger partial charge in [-0.3, -0.25) is 4.79 Å². The number of anilines is 1. The van der Waals surface area contributed by atoms with Gasteiger partial charge in [0, 0.05) is 10.6 Å². The molecule has 0 saturated heterocycles. The predicted molar refractivity (Wildman–Crippen MR) is 94.9 cm³/mol.